The number of esters is 1. The first-order chi connectivity index (χ1) is 13.1. The fourth-order valence-corrected chi connectivity index (χ4v) is 3.42. The number of methoxy groups -OCH3 is 1. The number of carbonyl (C=O) groups excluding carboxylic acids is 1. The number of aromatic amines is 1. The van der Waals surface area contributed by atoms with Gasteiger partial charge in [0, 0.05) is 29.8 Å². The Bertz CT molecular complexity index is 932. The number of para-hydroxylation sites is 1. The molecular formula is C20H24ClN3O3. The average Bonchev–Trinajstić information content (AvgIpc) is 3.28. The quantitative estimate of drug-likeness (QED) is 0.538. The lowest BCUT2D eigenvalue weighted by molar-refractivity contribution is 0.0252. The molecule has 0 aliphatic rings. The Labute approximate surface area is 163 Å². The van der Waals surface area contributed by atoms with Gasteiger partial charge in [0.25, 0.3) is 0 Å². The van der Waals surface area contributed by atoms with E-state index >= 15 is 0 Å². The van der Waals surface area contributed by atoms with Gasteiger partial charge in [0.1, 0.15) is 11.9 Å². The van der Waals surface area contributed by atoms with Crippen molar-refractivity contribution in [3.63, 3.8) is 0 Å². The Balaban J connectivity index is 2.09. The standard InChI is InChI=1S/C20H24ClN3O3/c1-4-6-10-16(26-3)24-12-13(11-22-24)17-14-8-7-9-15(21)18(14)23-19(17)20(25)27-5-2/h7-9,11-12,16,23H,4-6,10H2,1-3H3. The molecule has 0 aliphatic heterocycles. The summed E-state index contributed by atoms with van der Waals surface area (Å²) in [4.78, 5) is 15.6. The third kappa shape index (κ3) is 3.87. The van der Waals surface area contributed by atoms with Crippen LogP contribution in [0.2, 0.25) is 5.02 Å². The monoisotopic (exact) mass is 389 g/mol. The molecule has 27 heavy (non-hydrogen) atoms. The van der Waals surface area contributed by atoms with Gasteiger partial charge in [0.05, 0.1) is 23.3 Å². The van der Waals surface area contributed by atoms with Gasteiger partial charge in [0.15, 0.2) is 0 Å². The van der Waals surface area contributed by atoms with E-state index in [9.17, 15) is 4.79 Å². The number of halogens is 1. The number of unbranched alkanes of at least 4 members (excludes halogenated alkanes) is 1. The van der Waals surface area contributed by atoms with E-state index in [2.05, 4.69) is 17.0 Å². The van der Waals surface area contributed by atoms with Gasteiger partial charge in [-0.1, -0.05) is 37.1 Å². The molecule has 144 valence electrons. The number of hydrogen-bond acceptors (Lipinski definition) is 4. The van der Waals surface area contributed by atoms with Gasteiger partial charge in [-0.25, -0.2) is 9.48 Å². The van der Waals surface area contributed by atoms with Crippen LogP contribution in [0.5, 0.6) is 0 Å². The third-order valence-corrected chi connectivity index (χ3v) is 4.84. The molecule has 1 atom stereocenters. The number of rotatable bonds is 8. The maximum Gasteiger partial charge on any atom is 0.355 e. The maximum absolute atomic E-state index is 12.5. The minimum absolute atomic E-state index is 0.140. The molecule has 2 aromatic heterocycles. The number of fused-ring (bicyclic) bond motifs is 1. The summed E-state index contributed by atoms with van der Waals surface area (Å²) in [5, 5.41) is 5.87. The molecule has 0 bridgehead atoms. The summed E-state index contributed by atoms with van der Waals surface area (Å²) in [6.45, 7) is 4.22. The number of nitrogens with zero attached hydrogens (tertiary/aromatic N) is 2. The maximum atomic E-state index is 12.5. The first-order valence-electron chi connectivity index (χ1n) is 9.15. The lowest BCUT2D eigenvalue weighted by atomic mass is 10.1. The van der Waals surface area contributed by atoms with E-state index in [0.29, 0.717) is 22.8 Å². The molecule has 3 aromatic rings. The summed E-state index contributed by atoms with van der Waals surface area (Å²) in [5.74, 6) is -0.415. The zero-order chi connectivity index (χ0) is 19.4. The van der Waals surface area contributed by atoms with Crippen molar-refractivity contribution in [2.24, 2.45) is 0 Å². The zero-order valence-electron chi connectivity index (χ0n) is 15.8. The molecule has 0 saturated heterocycles. The van der Waals surface area contributed by atoms with Gasteiger partial charge in [-0.2, -0.15) is 5.10 Å². The number of H-pyrrole nitrogens is 1. The highest BCUT2D eigenvalue weighted by atomic mass is 35.5. The molecule has 7 heteroatoms. The van der Waals surface area contributed by atoms with Crippen molar-refractivity contribution in [2.45, 2.75) is 39.3 Å². The summed E-state index contributed by atoms with van der Waals surface area (Å²) >= 11 is 6.32. The number of carbonyl (C=O) groups is 1. The Morgan fingerprint density at radius 2 is 2.19 bits per heavy atom. The molecule has 0 amide bonds. The number of nitrogens with one attached hydrogen (secondary N) is 1. The minimum atomic E-state index is -0.415. The summed E-state index contributed by atoms with van der Waals surface area (Å²) in [5.41, 5.74) is 2.63. The second kappa shape index (κ2) is 8.59. The van der Waals surface area contributed by atoms with E-state index in [4.69, 9.17) is 21.1 Å². The van der Waals surface area contributed by atoms with Crippen LogP contribution < -0.4 is 0 Å². The normalized spacial score (nSPS) is 12.4. The lowest BCUT2D eigenvalue weighted by Crippen LogP contribution is -2.11. The number of ether oxygens (including phenoxy) is 2. The molecular weight excluding hydrogens is 366 g/mol. The highest BCUT2D eigenvalue weighted by Crippen LogP contribution is 2.36. The van der Waals surface area contributed by atoms with Crippen LogP contribution in [-0.4, -0.2) is 34.5 Å². The van der Waals surface area contributed by atoms with Crippen molar-refractivity contribution in [1.82, 2.24) is 14.8 Å². The van der Waals surface area contributed by atoms with Crippen LogP contribution in [0.25, 0.3) is 22.0 Å². The van der Waals surface area contributed by atoms with E-state index in [-0.39, 0.29) is 6.23 Å². The molecule has 3 rings (SSSR count). The predicted octanol–water partition coefficient (Wildman–Crippen LogP) is 5.20. The summed E-state index contributed by atoms with van der Waals surface area (Å²) in [7, 11) is 1.68. The van der Waals surface area contributed by atoms with E-state index in [1.807, 2.05) is 18.3 Å². The second-order valence-corrected chi connectivity index (χ2v) is 6.71. The molecule has 0 aliphatic carbocycles. The van der Waals surface area contributed by atoms with Crippen LogP contribution >= 0.6 is 11.6 Å². The second-order valence-electron chi connectivity index (χ2n) is 6.30. The van der Waals surface area contributed by atoms with Crippen LogP contribution in [0.15, 0.2) is 30.6 Å². The van der Waals surface area contributed by atoms with E-state index < -0.39 is 5.97 Å². The largest absolute Gasteiger partial charge is 0.461 e. The minimum Gasteiger partial charge on any atom is -0.461 e. The Hall–Kier alpha value is -2.31. The van der Waals surface area contributed by atoms with Crippen LogP contribution in [-0.2, 0) is 9.47 Å². The highest BCUT2D eigenvalue weighted by molar-refractivity contribution is 6.35. The molecule has 0 spiro atoms. The lowest BCUT2D eigenvalue weighted by Gasteiger charge is -2.15. The Kier molecular flexibility index (Phi) is 6.19. The smallest absolute Gasteiger partial charge is 0.355 e. The van der Waals surface area contributed by atoms with Crippen molar-refractivity contribution in [3.05, 3.63) is 41.3 Å². The van der Waals surface area contributed by atoms with Crippen molar-refractivity contribution in [3.8, 4) is 11.1 Å². The van der Waals surface area contributed by atoms with Crippen LogP contribution in [0.4, 0.5) is 0 Å². The van der Waals surface area contributed by atoms with Crippen molar-refractivity contribution in [2.75, 3.05) is 13.7 Å². The topological polar surface area (TPSA) is 69.1 Å². The van der Waals surface area contributed by atoms with E-state index in [1.165, 1.54) is 0 Å². The van der Waals surface area contributed by atoms with Crippen molar-refractivity contribution in [1.29, 1.82) is 0 Å². The van der Waals surface area contributed by atoms with Crippen LogP contribution in [0.3, 0.4) is 0 Å². The Morgan fingerprint density at radius 3 is 2.89 bits per heavy atom. The molecule has 1 unspecified atom stereocenters. The van der Waals surface area contributed by atoms with Gasteiger partial charge >= 0.3 is 5.97 Å². The van der Waals surface area contributed by atoms with Crippen molar-refractivity contribution >= 4 is 28.5 Å². The number of hydrogen-bond donors (Lipinski definition) is 1. The molecule has 1 aromatic carbocycles. The molecule has 0 fully saturated rings. The fraction of sp³-hybridized carbons (Fsp3) is 0.400. The zero-order valence-corrected chi connectivity index (χ0v) is 16.5. The summed E-state index contributed by atoms with van der Waals surface area (Å²) in [6, 6.07) is 5.58. The third-order valence-electron chi connectivity index (χ3n) is 4.52. The Morgan fingerprint density at radius 1 is 1.37 bits per heavy atom. The molecule has 1 N–H and O–H groups in total. The van der Waals surface area contributed by atoms with Gasteiger partial charge in [-0.05, 0) is 25.8 Å². The van der Waals surface area contributed by atoms with E-state index in [0.717, 1.165) is 35.8 Å². The van der Waals surface area contributed by atoms with Crippen molar-refractivity contribution < 1.29 is 14.3 Å². The first kappa shape index (κ1) is 19.5. The molecule has 0 saturated carbocycles. The van der Waals surface area contributed by atoms with Gasteiger partial charge < -0.3 is 14.5 Å². The summed E-state index contributed by atoms with van der Waals surface area (Å²) in [6.07, 6.45) is 6.50. The number of aromatic nitrogens is 3. The molecule has 0 radical (unpaired) electrons. The number of benzene rings is 1. The molecule has 6 nitrogen and oxygen atoms in total. The SMILES string of the molecule is CCCCC(OC)n1cc(-c2c(C(=O)OCC)[nH]c3c(Cl)cccc23)cn1. The van der Waals surface area contributed by atoms with Gasteiger partial charge in [-0.15, -0.1) is 0 Å². The van der Waals surface area contributed by atoms with Crippen LogP contribution in [0, 0.1) is 0 Å². The predicted molar refractivity (Wildman–Crippen MR) is 106 cm³/mol. The van der Waals surface area contributed by atoms with Gasteiger partial charge in [0.2, 0.25) is 0 Å². The van der Waals surface area contributed by atoms with E-state index in [1.54, 1.807) is 31.0 Å². The van der Waals surface area contributed by atoms with Crippen LogP contribution in [0.1, 0.15) is 49.8 Å². The average molecular weight is 390 g/mol. The fourth-order valence-electron chi connectivity index (χ4n) is 3.20. The highest BCUT2D eigenvalue weighted by Gasteiger charge is 2.23. The molecule has 2 heterocycles. The first-order valence-corrected chi connectivity index (χ1v) is 9.53. The van der Waals surface area contributed by atoms with Gasteiger partial charge in [-0.3, -0.25) is 0 Å². The summed E-state index contributed by atoms with van der Waals surface area (Å²) < 4.78 is 12.6.